The van der Waals surface area contributed by atoms with Crippen LogP contribution in [0.5, 0.6) is 0 Å². The van der Waals surface area contributed by atoms with Gasteiger partial charge in [0.15, 0.2) is 6.29 Å². The van der Waals surface area contributed by atoms with Gasteiger partial charge in [-0.15, -0.1) is 0 Å². The van der Waals surface area contributed by atoms with Gasteiger partial charge in [0.25, 0.3) is 0 Å². The van der Waals surface area contributed by atoms with Gasteiger partial charge >= 0.3 is 0 Å². The fourth-order valence-corrected chi connectivity index (χ4v) is 1.88. The molecule has 1 aliphatic carbocycles. The first-order valence-corrected chi connectivity index (χ1v) is 5.42. The van der Waals surface area contributed by atoms with E-state index in [2.05, 4.69) is 13.8 Å². The number of hydrogen-bond donors (Lipinski definition) is 0. The fourth-order valence-electron chi connectivity index (χ4n) is 1.88. The normalized spacial score (nSPS) is 22.2. The first kappa shape index (κ1) is 11.0. The Morgan fingerprint density at radius 3 is 2.15 bits per heavy atom. The number of methoxy groups -OCH3 is 1. The molecule has 0 amide bonds. The van der Waals surface area contributed by atoms with Crippen LogP contribution >= 0.6 is 0 Å². The van der Waals surface area contributed by atoms with Gasteiger partial charge in [-0.3, -0.25) is 0 Å². The quantitative estimate of drug-likeness (QED) is 0.628. The van der Waals surface area contributed by atoms with Gasteiger partial charge in [-0.25, -0.2) is 0 Å². The first-order valence-electron chi connectivity index (χ1n) is 5.42. The van der Waals surface area contributed by atoms with Gasteiger partial charge in [0.2, 0.25) is 0 Å². The van der Waals surface area contributed by atoms with Crippen molar-refractivity contribution in [2.75, 3.05) is 7.11 Å². The van der Waals surface area contributed by atoms with Crippen LogP contribution in [-0.4, -0.2) is 19.5 Å². The summed E-state index contributed by atoms with van der Waals surface area (Å²) in [4.78, 5) is 0. The van der Waals surface area contributed by atoms with Gasteiger partial charge in [0.05, 0.1) is 6.10 Å². The van der Waals surface area contributed by atoms with Crippen molar-refractivity contribution in [1.29, 1.82) is 0 Å². The van der Waals surface area contributed by atoms with Crippen LogP contribution in [0, 0.1) is 5.92 Å². The Labute approximate surface area is 81.6 Å². The number of ether oxygens (including phenoxy) is 2. The van der Waals surface area contributed by atoms with Gasteiger partial charge in [0.1, 0.15) is 0 Å². The van der Waals surface area contributed by atoms with E-state index in [0.717, 1.165) is 0 Å². The summed E-state index contributed by atoms with van der Waals surface area (Å²) in [5, 5.41) is 0. The molecule has 2 nitrogen and oxygen atoms in total. The molecule has 0 aromatic carbocycles. The Hall–Kier alpha value is -0.0800. The van der Waals surface area contributed by atoms with Crippen LogP contribution in [0.1, 0.15) is 46.0 Å². The summed E-state index contributed by atoms with van der Waals surface area (Å²) < 4.78 is 11.2. The molecule has 0 spiro atoms. The maximum atomic E-state index is 5.88. The summed E-state index contributed by atoms with van der Waals surface area (Å²) in [5.41, 5.74) is 0. The van der Waals surface area contributed by atoms with Crippen molar-refractivity contribution in [3.63, 3.8) is 0 Å². The zero-order chi connectivity index (χ0) is 9.68. The van der Waals surface area contributed by atoms with Gasteiger partial charge in [0, 0.05) is 13.0 Å². The number of hydrogen-bond acceptors (Lipinski definition) is 2. The second-order valence-corrected chi connectivity index (χ2v) is 4.24. The third-order valence-electron chi connectivity index (χ3n) is 2.66. The molecule has 1 aliphatic rings. The Balaban J connectivity index is 2.27. The van der Waals surface area contributed by atoms with Crippen molar-refractivity contribution < 1.29 is 9.47 Å². The van der Waals surface area contributed by atoms with Crippen molar-refractivity contribution in [2.24, 2.45) is 5.92 Å². The lowest BCUT2D eigenvalue weighted by molar-refractivity contribution is -0.183. The lowest BCUT2D eigenvalue weighted by Gasteiger charge is -2.28. The average molecular weight is 186 g/mol. The summed E-state index contributed by atoms with van der Waals surface area (Å²) in [5.74, 6) is 0.451. The molecule has 78 valence electrons. The molecule has 0 radical (unpaired) electrons. The van der Waals surface area contributed by atoms with Crippen molar-refractivity contribution >= 4 is 0 Å². The highest BCUT2D eigenvalue weighted by molar-refractivity contribution is 4.66. The van der Waals surface area contributed by atoms with Crippen molar-refractivity contribution in [3.05, 3.63) is 0 Å². The highest BCUT2D eigenvalue weighted by Crippen LogP contribution is 2.23. The predicted molar refractivity (Wildman–Crippen MR) is 53.6 cm³/mol. The van der Waals surface area contributed by atoms with E-state index in [1.165, 1.54) is 32.1 Å². The molecule has 0 bridgehead atoms. The molecule has 1 fully saturated rings. The number of rotatable bonds is 4. The van der Waals surface area contributed by atoms with Crippen LogP contribution in [-0.2, 0) is 9.47 Å². The molecule has 2 heteroatoms. The van der Waals surface area contributed by atoms with E-state index in [9.17, 15) is 0 Å². The lowest BCUT2D eigenvalue weighted by atomic mass is 9.97. The molecule has 13 heavy (non-hydrogen) atoms. The maximum Gasteiger partial charge on any atom is 0.159 e. The van der Waals surface area contributed by atoms with Crippen LogP contribution in [0.3, 0.4) is 0 Å². The molecule has 1 rings (SSSR count). The van der Waals surface area contributed by atoms with Crippen molar-refractivity contribution in [3.8, 4) is 0 Å². The summed E-state index contributed by atoms with van der Waals surface area (Å²) >= 11 is 0. The molecule has 0 saturated heterocycles. The Morgan fingerprint density at radius 2 is 1.69 bits per heavy atom. The SMILES string of the molecule is COC(OC1CCCCC1)C(C)C. The largest absolute Gasteiger partial charge is 0.356 e. The van der Waals surface area contributed by atoms with Gasteiger partial charge < -0.3 is 9.47 Å². The predicted octanol–water partition coefficient (Wildman–Crippen LogP) is 2.96. The van der Waals surface area contributed by atoms with Crippen LogP contribution in [0.15, 0.2) is 0 Å². The van der Waals surface area contributed by atoms with E-state index in [0.29, 0.717) is 12.0 Å². The van der Waals surface area contributed by atoms with E-state index >= 15 is 0 Å². The molecule has 0 N–H and O–H groups in total. The molecule has 1 atom stereocenters. The topological polar surface area (TPSA) is 18.5 Å². The smallest absolute Gasteiger partial charge is 0.159 e. The standard InChI is InChI=1S/C11H22O2/c1-9(2)11(12-3)13-10-7-5-4-6-8-10/h9-11H,4-8H2,1-3H3. The fraction of sp³-hybridized carbons (Fsp3) is 1.00. The summed E-state index contributed by atoms with van der Waals surface area (Å²) in [6.07, 6.45) is 6.88. The third-order valence-corrected chi connectivity index (χ3v) is 2.66. The van der Waals surface area contributed by atoms with Gasteiger partial charge in [-0.2, -0.15) is 0 Å². The zero-order valence-electron chi connectivity index (χ0n) is 9.08. The summed E-state index contributed by atoms with van der Waals surface area (Å²) in [6, 6.07) is 0. The second kappa shape index (κ2) is 5.61. The van der Waals surface area contributed by atoms with E-state index in [1.54, 1.807) is 7.11 Å². The minimum Gasteiger partial charge on any atom is -0.356 e. The monoisotopic (exact) mass is 186 g/mol. The van der Waals surface area contributed by atoms with Gasteiger partial charge in [-0.1, -0.05) is 33.1 Å². The third kappa shape index (κ3) is 3.65. The second-order valence-electron chi connectivity index (χ2n) is 4.24. The van der Waals surface area contributed by atoms with Crippen LogP contribution in [0.4, 0.5) is 0 Å². The van der Waals surface area contributed by atoms with Crippen LogP contribution in [0.25, 0.3) is 0 Å². The van der Waals surface area contributed by atoms with Crippen LogP contribution in [0.2, 0.25) is 0 Å². The molecule has 0 aliphatic heterocycles. The Bertz CT molecular complexity index is 128. The molecule has 0 aromatic rings. The molecule has 1 saturated carbocycles. The van der Waals surface area contributed by atoms with Gasteiger partial charge in [-0.05, 0) is 12.8 Å². The minimum absolute atomic E-state index is 0.0110. The van der Waals surface area contributed by atoms with E-state index in [1.807, 2.05) is 0 Å². The summed E-state index contributed by atoms with van der Waals surface area (Å²) in [7, 11) is 1.73. The average Bonchev–Trinajstić information content (AvgIpc) is 2.15. The molecular formula is C11H22O2. The molecule has 0 aromatic heterocycles. The van der Waals surface area contributed by atoms with E-state index < -0.39 is 0 Å². The van der Waals surface area contributed by atoms with Crippen molar-refractivity contribution in [1.82, 2.24) is 0 Å². The Morgan fingerprint density at radius 1 is 1.08 bits per heavy atom. The minimum atomic E-state index is -0.0110. The van der Waals surface area contributed by atoms with E-state index in [4.69, 9.17) is 9.47 Å². The molecule has 0 heterocycles. The van der Waals surface area contributed by atoms with E-state index in [-0.39, 0.29) is 6.29 Å². The zero-order valence-corrected chi connectivity index (χ0v) is 9.08. The lowest BCUT2D eigenvalue weighted by Crippen LogP contribution is -2.29. The van der Waals surface area contributed by atoms with Crippen LogP contribution < -0.4 is 0 Å². The molecular weight excluding hydrogens is 164 g/mol. The Kier molecular flexibility index (Phi) is 4.74. The molecule has 1 unspecified atom stereocenters. The highest BCUT2D eigenvalue weighted by Gasteiger charge is 2.20. The highest BCUT2D eigenvalue weighted by atomic mass is 16.7. The summed E-state index contributed by atoms with van der Waals surface area (Å²) in [6.45, 7) is 4.27. The van der Waals surface area contributed by atoms with Crippen molar-refractivity contribution in [2.45, 2.75) is 58.3 Å². The first-order chi connectivity index (χ1) is 6.24. The maximum absolute atomic E-state index is 5.88.